The van der Waals surface area contributed by atoms with Gasteiger partial charge in [0.2, 0.25) is 5.89 Å². The van der Waals surface area contributed by atoms with Crippen molar-refractivity contribution in [3.8, 4) is 5.75 Å². The fourth-order valence-corrected chi connectivity index (χ4v) is 3.47. The number of nitrogens with zero attached hydrogens (tertiary/aromatic N) is 3. The van der Waals surface area contributed by atoms with Crippen molar-refractivity contribution >= 4 is 5.91 Å². The third-order valence-electron chi connectivity index (χ3n) is 5.74. The van der Waals surface area contributed by atoms with Crippen LogP contribution in [0.5, 0.6) is 5.75 Å². The second-order valence-corrected chi connectivity index (χ2v) is 8.52. The van der Waals surface area contributed by atoms with Crippen LogP contribution in [-0.4, -0.2) is 27.6 Å². The predicted molar refractivity (Wildman–Crippen MR) is 101 cm³/mol. The second kappa shape index (κ2) is 7.18. The van der Waals surface area contributed by atoms with E-state index in [4.69, 9.17) is 9.26 Å². The molecular weight excluding hydrogens is 356 g/mol. The lowest BCUT2D eigenvalue weighted by Gasteiger charge is -2.17. The molecule has 1 amide bonds. The van der Waals surface area contributed by atoms with E-state index in [1.165, 1.54) is 44.1 Å². The van der Waals surface area contributed by atoms with Crippen LogP contribution in [0, 0.1) is 18.8 Å². The number of hydrogen-bond donors (Lipinski definition) is 1. The number of carbonyl (C=O) groups is 1. The standard InChI is InChI=1S/C21H26N4O3/c1-12-23-20(25-28-12)17(8-13-2-3-13)24-21(26)19-18(27-11-14-4-5-14)9-16(10-22-19)15-6-7-15/h9-10,13-15,17H,2-8,11H2,1H3,(H,24,26). The number of amides is 1. The molecule has 0 spiro atoms. The number of hydrogen-bond acceptors (Lipinski definition) is 6. The summed E-state index contributed by atoms with van der Waals surface area (Å²) in [6, 6.07) is 1.75. The minimum absolute atomic E-state index is 0.235. The lowest BCUT2D eigenvalue weighted by molar-refractivity contribution is 0.0921. The fraction of sp³-hybridized carbons (Fsp3) is 0.619. The monoisotopic (exact) mass is 382 g/mol. The first kappa shape index (κ1) is 17.6. The van der Waals surface area contributed by atoms with E-state index < -0.39 is 0 Å². The summed E-state index contributed by atoms with van der Waals surface area (Å²) in [4.78, 5) is 21.9. The molecule has 3 saturated carbocycles. The Bertz CT molecular complexity index is 868. The van der Waals surface area contributed by atoms with E-state index in [-0.39, 0.29) is 11.9 Å². The zero-order chi connectivity index (χ0) is 19.1. The van der Waals surface area contributed by atoms with Crippen molar-refractivity contribution in [2.75, 3.05) is 6.61 Å². The quantitative estimate of drug-likeness (QED) is 0.711. The summed E-state index contributed by atoms with van der Waals surface area (Å²) in [5, 5.41) is 7.10. The zero-order valence-corrected chi connectivity index (χ0v) is 16.2. The van der Waals surface area contributed by atoms with Crippen molar-refractivity contribution in [3.63, 3.8) is 0 Å². The average molecular weight is 382 g/mol. The van der Waals surface area contributed by atoms with Crippen molar-refractivity contribution in [1.82, 2.24) is 20.4 Å². The molecule has 0 radical (unpaired) electrons. The van der Waals surface area contributed by atoms with Gasteiger partial charge in [0.1, 0.15) is 0 Å². The summed E-state index contributed by atoms with van der Waals surface area (Å²) in [6.07, 6.45) is 9.82. The van der Waals surface area contributed by atoms with Crippen LogP contribution in [0.2, 0.25) is 0 Å². The Kier molecular flexibility index (Phi) is 4.53. The topological polar surface area (TPSA) is 90.1 Å². The number of rotatable bonds is 9. The molecule has 1 unspecified atom stereocenters. The largest absolute Gasteiger partial charge is 0.491 e. The highest BCUT2D eigenvalue weighted by Gasteiger charge is 2.32. The van der Waals surface area contributed by atoms with Crippen molar-refractivity contribution < 1.29 is 14.1 Å². The van der Waals surface area contributed by atoms with E-state index in [9.17, 15) is 4.79 Å². The summed E-state index contributed by atoms with van der Waals surface area (Å²) in [6.45, 7) is 2.42. The Morgan fingerprint density at radius 1 is 1.25 bits per heavy atom. The molecule has 0 aliphatic heterocycles. The molecule has 7 heteroatoms. The Morgan fingerprint density at radius 3 is 2.68 bits per heavy atom. The summed E-state index contributed by atoms with van der Waals surface area (Å²) in [5.41, 5.74) is 1.52. The molecule has 0 aromatic carbocycles. The summed E-state index contributed by atoms with van der Waals surface area (Å²) in [5.74, 6) is 3.20. The van der Waals surface area contributed by atoms with Gasteiger partial charge in [0, 0.05) is 13.1 Å². The SMILES string of the molecule is Cc1nc(C(CC2CC2)NC(=O)c2ncc(C3CC3)cc2OCC2CC2)no1. The van der Waals surface area contributed by atoms with Crippen molar-refractivity contribution in [3.05, 3.63) is 35.2 Å². The number of ether oxygens (including phenoxy) is 1. The molecule has 2 heterocycles. The van der Waals surface area contributed by atoms with Gasteiger partial charge in [-0.05, 0) is 61.5 Å². The Hall–Kier alpha value is -2.44. The van der Waals surface area contributed by atoms with Crippen LogP contribution in [0.25, 0.3) is 0 Å². The third kappa shape index (κ3) is 4.18. The van der Waals surface area contributed by atoms with Gasteiger partial charge >= 0.3 is 0 Å². The maximum atomic E-state index is 13.1. The summed E-state index contributed by atoms with van der Waals surface area (Å²) >= 11 is 0. The number of aryl methyl sites for hydroxylation is 1. The molecule has 2 aromatic rings. The van der Waals surface area contributed by atoms with Crippen molar-refractivity contribution in [2.24, 2.45) is 11.8 Å². The van der Waals surface area contributed by atoms with Crippen LogP contribution >= 0.6 is 0 Å². The fourth-order valence-electron chi connectivity index (χ4n) is 3.47. The van der Waals surface area contributed by atoms with E-state index in [0.29, 0.717) is 47.5 Å². The first-order chi connectivity index (χ1) is 13.7. The predicted octanol–water partition coefficient (Wildman–Crippen LogP) is 3.71. The summed E-state index contributed by atoms with van der Waals surface area (Å²) < 4.78 is 11.1. The number of pyridine rings is 1. The second-order valence-electron chi connectivity index (χ2n) is 8.52. The lowest BCUT2D eigenvalue weighted by Crippen LogP contribution is -2.31. The van der Waals surface area contributed by atoms with Crippen LogP contribution in [0.3, 0.4) is 0 Å². The molecule has 1 N–H and O–H groups in total. The van der Waals surface area contributed by atoms with Crippen LogP contribution in [-0.2, 0) is 0 Å². The van der Waals surface area contributed by atoms with Gasteiger partial charge in [-0.25, -0.2) is 4.98 Å². The number of carbonyl (C=O) groups excluding carboxylic acids is 1. The highest BCUT2D eigenvalue weighted by molar-refractivity contribution is 5.95. The first-order valence-corrected chi connectivity index (χ1v) is 10.4. The van der Waals surface area contributed by atoms with Gasteiger partial charge in [-0.2, -0.15) is 4.98 Å². The minimum Gasteiger partial charge on any atom is -0.491 e. The van der Waals surface area contributed by atoms with Crippen LogP contribution in [0.4, 0.5) is 0 Å². The van der Waals surface area contributed by atoms with E-state index in [1.54, 1.807) is 6.92 Å². The Labute approximate surface area is 164 Å². The van der Waals surface area contributed by atoms with Crippen molar-refractivity contribution in [2.45, 2.75) is 63.8 Å². The molecule has 3 aliphatic rings. The zero-order valence-electron chi connectivity index (χ0n) is 16.2. The van der Waals surface area contributed by atoms with E-state index in [0.717, 1.165) is 6.42 Å². The lowest BCUT2D eigenvalue weighted by atomic mass is 10.1. The smallest absolute Gasteiger partial charge is 0.274 e. The van der Waals surface area contributed by atoms with Crippen LogP contribution < -0.4 is 10.1 Å². The Morgan fingerprint density at radius 2 is 2.04 bits per heavy atom. The maximum Gasteiger partial charge on any atom is 0.274 e. The summed E-state index contributed by atoms with van der Waals surface area (Å²) in [7, 11) is 0. The van der Waals surface area contributed by atoms with Crippen LogP contribution in [0.15, 0.2) is 16.8 Å². The van der Waals surface area contributed by atoms with Gasteiger partial charge in [-0.1, -0.05) is 18.0 Å². The van der Waals surface area contributed by atoms with Gasteiger partial charge in [0.25, 0.3) is 5.91 Å². The van der Waals surface area contributed by atoms with Gasteiger partial charge in [-0.3, -0.25) is 4.79 Å². The first-order valence-electron chi connectivity index (χ1n) is 10.4. The van der Waals surface area contributed by atoms with Gasteiger partial charge in [-0.15, -0.1) is 0 Å². The Balaban J connectivity index is 1.35. The molecule has 0 saturated heterocycles. The molecule has 3 fully saturated rings. The highest BCUT2D eigenvalue weighted by Crippen LogP contribution is 2.42. The minimum atomic E-state index is -0.265. The molecule has 148 valence electrons. The van der Waals surface area contributed by atoms with E-state index >= 15 is 0 Å². The van der Waals surface area contributed by atoms with Gasteiger partial charge in [0.05, 0.1) is 12.6 Å². The highest BCUT2D eigenvalue weighted by atomic mass is 16.5. The normalized spacial score (nSPS) is 20.0. The average Bonchev–Trinajstić information content (AvgIpc) is 3.54. The van der Waals surface area contributed by atoms with E-state index in [1.807, 2.05) is 12.3 Å². The number of nitrogens with one attached hydrogen (secondary N) is 1. The molecule has 3 aliphatic carbocycles. The van der Waals surface area contributed by atoms with Gasteiger partial charge < -0.3 is 14.6 Å². The third-order valence-corrected chi connectivity index (χ3v) is 5.74. The molecule has 2 aromatic heterocycles. The molecule has 0 bridgehead atoms. The molecule has 28 heavy (non-hydrogen) atoms. The van der Waals surface area contributed by atoms with Crippen LogP contribution in [0.1, 0.15) is 84.7 Å². The molecular formula is C21H26N4O3. The maximum absolute atomic E-state index is 13.1. The van der Waals surface area contributed by atoms with Crippen molar-refractivity contribution in [1.29, 1.82) is 0 Å². The van der Waals surface area contributed by atoms with E-state index in [2.05, 4.69) is 20.4 Å². The molecule has 7 nitrogen and oxygen atoms in total. The molecule has 5 rings (SSSR count). The molecule has 1 atom stereocenters. The van der Waals surface area contributed by atoms with Gasteiger partial charge in [0.15, 0.2) is 17.3 Å². The number of aromatic nitrogens is 3.